The van der Waals surface area contributed by atoms with Gasteiger partial charge in [0.15, 0.2) is 0 Å². The minimum atomic E-state index is -0.140. The summed E-state index contributed by atoms with van der Waals surface area (Å²) in [6.45, 7) is 5.58. The molecule has 0 bridgehead atoms. The number of fused-ring (bicyclic) bond motifs is 1. The van der Waals surface area contributed by atoms with Gasteiger partial charge in [-0.05, 0) is 48.6 Å². The molecule has 4 rings (SSSR count). The molecule has 29 heavy (non-hydrogen) atoms. The normalized spacial score (nSPS) is 18.0. The van der Waals surface area contributed by atoms with Crippen LogP contribution in [0.3, 0.4) is 0 Å². The van der Waals surface area contributed by atoms with Gasteiger partial charge in [-0.2, -0.15) is 0 Å². The Hall–Kier alpha value is -2.37. The smallest absolute Gasteiger partial charge is 0.253 e. The molecule has 2 aromatic rings. The molecule has 2 N–H and O–H groups in total. The maximum atomic E-state index is 12.8. The third-order valence-corrected chi connectivity index (χ3v) is 5.75. The largest absolute Gasteiger partial charge is 0.352 e. The molecule has 1 saturated heterocycles. The fraction of sp³-hybridized carbons (Fsp3) is 0.391. The van der Waals surface area contributed by atoms with Crippen molar-refractivity contribution in [3.63, 3.8) is 0 Å². The van der Waals surface area contributed by atoms with Gasteiger partial charge in [-0.15, -0.1) is 12.4 Å². The van der Waals surface area contributed by atoms with Crippen LogP contribution in [0.4, 0.5) is 0 Å². The van der Waals surface area contributed by atoms with Crippen LogP contribution in [0, 0.1) is 12.8 Å². The Balaban J connectivity index is 0.00000240. The number of nitrogens with zero attached hydrogens (tertiary/aromatic N) is 1. The fourth-order valence-corrected chi connectivity index (χ4v) is 4.05. The zero-order chi connectivity index (χ0) is 19.5. The van der Waals surface area contributed by atoms with E-state index in [1.807, 2.05) is 36.1 Å². The summed E-state index contributed by atoms with van der Waals surface area (Å²) in [5, 5.41) is 6.41. The maximum absolute atomic E-state index is 12.8. The third-order valence-electron chi connectivity index (χ3n) is 5.75. The van der Waals surface area contributed by atoms with Gasteiger partial charge in [0, 0.05) is 38.3 Å². The first-order valence-corrected chi connectivity index (χ1v) is 10.1. The minimum absolute atomic E-state index is 0. The van der Waals surface area contributed by atoms with E-state index in [9.17, 15) is 9.59 Å². The number of halogens is 1. The van der Waals surface area contributed by atoms with E-state index in [1.54, 1.807) is 0 Å². The monoisotopic (exact) mass is 413 g/mol. The van der Waals surface area contributed by atoms with Crippen molar-refractivity contribution in [2.24, 2.45) is 5.92 Å². The van der Waals surface area contributed by atoms with Gasteiger partial charge in [-0.1, -0.05) is 35.9 Å². The number of carbonyl (C=O) groups is 2. The molecule has 0 aromatic heterocycles. The third kappa shape index (κ3) is 4.98. The van der Waals surface area contributed by atoms with Gasteiger partial charge in [-0.3, -0.25) is 9.59 Å². The van der Waals surface area contributed by atoms with Gasteiger partial charge >= 0.3 is 0 Å². The van der Waals surface area contributed by atoms with E-state index in [2.05, 4.69) is 28.8 Å². The molecule has 0 aliphatic carbocycles. The second-order valence-electron chi connectivity index (χ2n) is 7.88. The highest BCUT2D eigenvalue weighted by Crippen LogP contribution is 2.20. The summed E-state index contributed by atoms with van der Waals surface area (Å²) >= 11 is 0. The molecule has 2 heterocycles. The molecule has 0 spiro atoms. The second-order valence-corrected chi connectivity index (χ2v) is 7.88. The van der Waals surface area contributed by atoms with E-state index in [4.69, 9.17) is 0 Å². The Labute approximate surface area is 178 Å². The van der Waals surface area contributed by atoms with Crippen LogP contribution in [-0.2, 0) is 24.4 Å². The van der Waals surface area contributed by atoms with E-state index < -0.39 is 0 Å². The number of likely N-dealkylation sites (tertiary alicyclic amines) is 1. The topological polar surface area (TPSA) is 61.4 Å². The molecule has 0 radical (unpaired) electrons. The first-order chi connectivity index (χ1) is 13.6. The summed E-state index contributed by atoms with van der Waals surface area (Å²) in [6, 6.07) is 14.0. The number of hydrogen-bond acceptors (Lipinski definition) is 3. The summed E-state index contributed by atoms with van der Waals surface area (Å²) in [5.74, 6) is -0.0807. The zero-order valence-electron chi connectivity index (χ0n) is 16.7. The van der Waals surface area contributed by atoms with Crippen molar-refractivity contribution >= 4 is 24.2 Å². The molecule has 0 saturated carbocycles. The van der Waals surface area contributed by atoms with Gasteiger partial charge in [0.05, 0.1) is 5.92 Å². The van der Waals surface area contributed by atoms with Crippen LogP contribution in [0.5, 0.6) is 0 Å². The van der Waals surface area contributed by atoms with Crippen molar-refractivity contribution in [2.45, 2.75) is 39.4 Å². The molecule has 5 nitrogen and oxygen atoms in total. The molecule has 2 aliphatic rings. The van der Waals surface area contributed by atoms with Crippen LogP contribution >= 0.6 is 12.4 Å². The number of nitrogens with one attached hydrogen (secondary N) is 2. The van der Waals surface area contributed by atoms with E-state index >= 15 is 0 Å². The fourth-order valence-electron chi connectivity index (χ4n) is 4.05. The first kappa shape index (κ1) is 21.3. The molecular weight excluding hydrogens is 386 g/mol. The highest BCUT2D eigenvalue weighted by molar-refractivity contribution is 5.94. The van der Waals surface area contributed by atoms with Gasteiger partial charge in [0.25, 0.3) is 5.91 Å². The summed E-state index contributed by atoms with van der Waals surface area (Å²) in [6.07, 6.45) is 1.69. The molecule has 2 aromatic carbocycles. The lowest BCUT2D eigenvalue weighted by molar-refractivity contribution is -0.126. The second kappa shape index (κ2) is 9.42. The number of rotatable bonds is 4. The average molecular weight is 414 g/mol. The van der Waals surface area contributed by atoms with Crippen LogP contribution < -0.4 is 10.6 Å². The van der Waals surface area contributed by atoms with Crippen LogP contribution in [0.2, 0.25) is 0 Å². The standard InChI is InChI=1S/C23H27N3O2.ClH/c1-16-4-7-18(8-5-16)23(28)26-10-2-3-20(15-26)22(27)25-12-17-6-9-19-13-24-14-21(19)11-17;/h4-9,11,20,24H,2-3,10,12-15H2,1H3,(H,25,27);1H. The van der Waals surface area contributed by atoms with E-state index in [0.29, 0.717) is 25.2 Å². The van der Waals surface area contributed by atoms with E-state index in [-0.39, 0.29) is 30.1 Å². The zero-order valence-corrected chi connectivity index (χ0v) is 17.6. The summed E-state index contributed by atoms with van der Waals surface area (Å²) in [4.78, 5) is 27.3. The molecule has 1 unspecified atom stereocenters. The molecular formula is C23H28ClN3O2. The van der Waals surface area contributed by atoms with Gasteiger partial charge < -0.3 is 15.5 Å². The quantitative estimate of drug-likeness (QED) is 0.809. The molecule has 1 atom stereocenters. The van der Waals surface area contributed by atoms with Crippen molar-refractivity contribution in [1.82, 2.24) is 15.5 Å². The van der Waals surface area contributed by atoms with Crippen molar-refractivity contribution in [3.8, 4) is 0 Å². The number of piperidine rings is 1. The molecule has 1 fully saturated rings. The number of benzene rings is 2. The summed E-state index contributed by atoms with van der Waals surface area (Å²) in [7, 11) is 0. The van der Waals surface area contributed by atoms with Crippen molar-refractivity contribution in [1.29, 1.82) is 0 Å². The number of hydrogen-bond donors (Lipinski definition) is 2. The average Bonchev–Trinajstić information content (AvgIpc) is 3.20. The first-order valence-electron chi connectivity index (χ1n) is 10.1. The predicted molar refractivity (Wildman–Crippen MR) is 116 cm³/mol. The van der Waals surface area contributed by atoms with Crippen LogP contribution in [0.1, 0.15) is 45.5 Å². The number of amides is 2. The van der Waals surface area contributed by atoms with E-state index in [0.717, 1.165) is 37.1 Å². The lowest BCUT2D eigenvalue weighted by atomic mass is 9.96. The Morgan fingerprint density at radius 1 is 1.10 bits per heavy atom. The Bertz CT molecular complexity index is 882. The van der Waals surface area contributed by atoms with Crippen LogP contribution in [0.25, 0.3) is 0 Å². The van der Waals surface area contributed by atoms with Crippen molar-refractivity contribution in [3.05, 3.63) is 70.3 Å². The van der Waals surface area contributed by atoms with Crippen molar-refractivity contribution < 1.29 is 9.59 Å². The summed E-state index contributed by atoms with van der Waals surface area (Å²) in [5.41, 5.74) is 5.61. The highest BCUT2D eigenvalue weighted by atomic mass is 35.5. The van der Waals surface area contributed by atoms with Gasteiger partial charge in [-0.25, -0.2) is 0 Å². The van der Waals surface area contributed by atoms with Gasteiger partial charge in [0.2, 0.25) is 5.91 Å². The lowest BCUT2D eigenvalue weighted by Crippen LogP contribution is -2.45. The van der Waals surface area contributed by atoms with Crippen LogP contribution in [0.15, 0.2) is 42.5 Å². The van der Waals surface area contributed by atoms with Crippen LogP contribution in [-0.4, -0.2) is 29.8 Å². The summed E-state index contributed by atoms with van der Waals surface area (Å²) < 4.78 is 0. The Morgan fingerprint density at radius 2 is 1.86 bits per heavy atom. The SMILES string of the molecule is Cc1ccc(C(=O)N2CCCC(C(=O)NCc3ccc4c(c3)CNC4)C2)cc1.Cl. The molecule has 2 amide bonds. The Morgan fingerprint density at radius 3 is 2.66 bits per heavy atom. The Kier molecular flexibility index (Phi) is 6.93. The maximum Gasteiger partial charge on any atom is 0.253 e. The molecule has 6 heteroatoms. The molecule has 154 valence electrons. The number of carbonyl (C=O) groups excluding carboxylic acids is 2. The highest BCUT2D eigenvalue weighted by Gasteiger charge is 2.28. The predicted octanol–water partition coefficient (Wildman–Crippen LogP) is 3.19. The minimum Gasteiger partial charge on any atom is -0.352 e. The van der Waals surface area contributed by atoms with Crippen molar-refractivity contribution in [2.75, 3.05) is 13.1 Å². The van der Waals surface area contributed by atoms with Gasteiger partial charge in [0.1, 0.15) is 0 Å². The molecule has 2 aliphatic heterocycles. The number of aryl methyl sites for hydroxylation is 1. The lowest BCUT2D eigenvalue weighted by Gasteiger charge is -2.32. The van der Waals surface area contributed by atoms with E-state index in [1.165, 1.54) is 11.1 Å².